The zero-order valence-electron chi connectivity index (χ0n) is 15.7. The minimum atomic E-state index is -1.06. The number of nitrogens with zero attached hydrogens (tertiary/aromatic N) is 3. The fourth-order valence-electron chi connectivity index (χ4n) is 3.23. The van der Waals surface area contributed by atoms with Crippen molar-refractivity contribution in [1.29, 1.82) is 0 Å². The van der Waals surface area contributed by atoms with Crippen LogP contribution in [0.15, 0.2) is 6.07 Å². The minimum Gasteiger partial charge on any atom is -0.458 e. The van der Waals surface area contributed by atoms with Crippen LogP contribution >= 0.6 is 11.3 Å². The molecule has 10 heteroatoms. The molecule has 2 aromatic rings. The summed E-state index contributed by atoms with van der Waals surface area (Å²) in [6.45, 7) is 5.20. The highest BCUT2D eigenvalue weighted by atomic mass is 32.1. The summed E-state index contributed by atoms with van der Waals surface area (Å²) in [5.41, 5.74) is 0.202. The summed E-state index contributed by atoms with van der Waals surface area (Å²) in [6, 6.07) is 1.38. The van der Waals surface area contributed by atoms with Crippen LogP contribution in [0.5, 0.6) is 0 Å². The number of benzene rings is 1. The van der Waals surface area contributed by atoms with Crippen LogP contribution in [0.4, 0.5) is 14.5 Å². The first-order valence-electron chi connectivity index (χ1n) is 8.78. The second-order valence-corrected chi connectivity index (χ2v) is 7.72. The molecule has 1 aromatic carbocycles. The van der Waals surface area contributed by atoms with Crippen LogP contribution in [-0.2, 0) is 27.5 Å². The highest BCUT2D eigenvalue weighted by Crippen LogP contribution is 2.36. The largest absolute Gasteiger partial charge is 0.458 e. The Labute approximate surface area is 164 Å². The molecule has 3 rings (SSSR count). The van der Waals surface area contributed by atoms with Crippen LogP contribution in [0.25, 0.3) is 10.6 Å². The number of morpholine rings is 1. The zero-order chi connectivity index (χ0) is 20.4. The smallest absolute Gasteiger partial charge is 0.303 e. The SMILES string of the molecule is CC(=O)OCc1nnc(-c2cc(CO)c(N3CC(C)OC(C)C3)c(F)c2F)s1. The normalized spacial score (nSPS) is 19.7. The average Bonchev–Trinajstić information content (AvgIpc) is 3.09. The molecule has 0 radical (unpaired) electrons. The van der Waals surface area contributed by atoms with Gasteiger partial charge in [0, 0.05) is 25.6 Å². The number of aromatic nitrogens is 2. The van der Waals surface area contributed by atoms with Crippen molar-refractivity contribution in [2.45, 2.75) is 46.2 Å². The predicted octanol–water partition coefficient (Wildman–Crippen LogP) is 2.65. The van der Waals surface area contributed by atoms with Gasteiger partial charge in [-0.15, -0.1) is 10.2 Å². The summed E-state index contributed by atoms with van der Waals surface area (Å²) in [4.78, 5) is 12.6. The van der Waals surface area contributed by atoms with Gasteiger partial charge in [-0.25, -0.2) is 8.78 Å². The number of carbonyl (C=O) groups is 1. The number of carbonyl (C=O) groups excluding carboxylic acids is 1. The standard InChI is InChI=1S/C18H21F2N3O4S/c1-9-5-23(6-10(2)27-9)17-12(7-24)4-13(15(19)16(17)20)18-22-21-14(28-18)8-26-11(3)25/h4,9-10,24H,5-8H2,1-3H3. The molecule has 2 unspecified atom stereocenters. The van der Waals surface area contributed by atoms with Gasteiger partial charge in [0.1, 0.15) is 6.61 Å². The Kier molecular flexibility index (Phi) is 6.21. The number of anilines is 1. The molecule has 1 aliphatic heterocycles. The van der Waals surface area contributed by atoms with E-state index in [1.165, 1.54) is 13.0 Å². The van der Waals surface area contributed by atoms with Crippen molar-refractivity contribution in [1.82, 2.24) is 10.2 Å². The van der Waals surface area contributed by atoms with Crippen LogP contribution in [0, 0.1) is 11.6 Å². The quantitative estimate of drug-likeness (QED) is 0.755. The van der Waals surface area contributed by atoms with Gasteiger partial charge in [-0.05, 0) is 19.9 Å². The Morgan fingerprint density at radius 3 is 2.61 bits per heavy atom. The Morgan fingerprint density at radius 2 is 2.00 bits per heavy atom. The molecule has 0 saturated carbocycles. The van der Waals surface area contributed by atoms with E-state index in [1.807, 2.05) is 13.8 Å². The molecule has 0 bridgehead atoms. The first-order chi connectivity index (χ1) is 13.3. The number of rotatable bonds is 5. The fraction of sp³-hybridized carbons (Fsp3) is 0.500. The van der Waals surface area contributed by atoms with Gasteiger partial charge in [0.25, 0.3) is 0 Å². The first kappa shape index (κ1) is 20.6. The second kappa shape index (κ2) is 8.46. The van der Waals surface area contributed by atoms with Crippen molar-refractivity contribution in [3.63, 3.8) is 0 Å². The van der Waals surface area contributed by atoms with E-state index < -0.39 is 24.2 Å². The predicted molar refractivity (Wildman–Crippen MR) is 98.9 cm³/mol. The molecule has 7 nitrogen and oxygen atoms in total. The molecule has 2 atom stereocenters. The molecule has 0 spiro atoms. The number of aliphatic hydroxyl groups is 1. The van der Waals surface area contributed by atoms with Gasteiger partial charge in [0.15, 0.2) is 21.6 Å². The molecule has 0 aliphatic carbocycles. The summed E-state index contributed by atoms with van der Waals surface area (Å²) in [6.07, 6.45) is -0.297. The number of halogens is 2. The monoisotopic (exact) mass is 413 g/mol. The number of hydrogen-bond acceptors (Lipinski definition) is 8. The molecular formula is C18H21F2N3O4S. The summed E-state index contributed by atoms with van der Waals surface area (Å²) in [7, 11) is 0. The molecule has 0 amide bonds. The fourth-order valence-corrected chi connectivity index (χ4v) is 3.99. The Hall–Kier alpha value is -2.17. The van der Waals surface area contributed by atoms with E-state index in [9.17, 15) is 14.3 Å². The van der Waals surface area contributed by atoms with Crippen LogP contribution < -0.4 is 4.90 Å². The van der Waals surface area contributed by atoms with E-state index in [0.717, 1.165) is 11.3 Å². The summed E-state index contributed by atoms with van der Waals surface area (Å²) >= 11 is 0.991. The number of ether oxygens (including phenoxy) is 2. The van der Waals surface area contributed by atoms with E-state index in [2.05, 4.69) is 10.2 Å². The maximum absolute atomic E-state index is 15.0. The Bertz CT molecular complexity index is 867. The van der Waals surface area contributed by atoms with E-state index in [0.29, 0.717) is 18.1 Å². The van der Waals surface area contributed by atoms with Gasteiger partial charge in [-0.1, -0.05) is 11.3 Å². The molecule has 152 valence electrons. The third-order valence-electron chi connectivity index (χ3n) is 4.26. The molecular weight excluding hydrogens is 392 g/mol. The average molecular weight is 413 g/mol. The second-order valence-electron chi connectivity index (χ2n) is 6.66. The van der Waals surface area contributed by atoms with Gasteiger partial charge in [-0.2, -0.15) is 0 Å². The van der Waals surface area contributed by atoms with Gasteiger partial charge in [0.2, 0.25) is 0 Å². The number of hydrogen-bond donors (Lipinski definition) is 1. The maximum atomic E-state index is 15.0. The summed E-state index contributed by atoms with van der Waals surface area (Å²) in [5.74, 6) is -2.58. The summed E-state index contributed by atoms with van der Waals surface area (Å²) in [5, 5.41) is 18.0. The molecule has 2 heterocycles. The van der Waals surface area contributed by atoms with Crippen molar-refractivity contribution in [3.05, 3.63) is 28.3 Å². The van der Waals surface area contributed by atoms with Crippen molar-refractivity contribution >= 4 is 23.0 Å². The lowest BCUT2D eigenvalue weighted by molar-refractivity contribution is -0.142. The Morgan fingerprint density at radius 1 is 1.32 bits per heavy atom. The van der Waals surface area contributed by atoms with Crippen molar-refractivity contribution in [3.8, 4) is 10.6 Å². The summed E-state index contributed by atoms with van der Waals surface area (Å²) < 4.78 is 40.4. The van der Waals surface area contributed by atoms with E-state index in [4.69, 9.17) is 9.47 Å². The zero-order valence-corrected chi connectivity index (χ0v) is 16.6. The first-order valence-corrected chi connectivity index (χ1v) is 9.60. The van der Waals surface area contributed by atoms with Gasteiger partial charge >= 0.3 is 5.97 Å². The molecule has 28 heavy (non-hydrogen) atoms. The van der Waals surface area contributed by atoms with Crippen LogP contribution in [0.3, 0.4) is 0 Å². The highest BCUT2D eigenvalue weighted by molar-refractivity contribution is 7.14. The van der Waals surface area contributed by atoms with Crippen LogP contribution in [-0.4, -0.2) is 46.6 Å². The van der Waals surface area contributed by atoms with Crippen LogP contribution in [0.1, 0.15) is 31.3 Å². The molecule has 1 aromatic heterocycles. The maximum Gasteiger partial charge on any atom is 0.303 e. The number of esters is 1. The molecule has 1 saturated heterocycles. The lowest BCUT2D eigenvalue weighted by atomic mass is 10.0. The third kappa shape index (κ3) is 4.29. The number of aliphatic hydroxyl groups excluding tert-OH is 1. The van der Waals surface area contributed by atoms with Gasteiger partial charge in [-0.3, -0.25) is 4.79 Å². The molecule has 1 fully saturated rings. The van der Waals surface area contributed by atoms with Crippen molar-refractivity contribution in [2.24, 2.45) is 0 Å². The Balaban J connectivity index is 1.97. The molecule has 1 N–H and O–H groups in total. The van der Waals surface area contributed by atoms with Gasteiger partial charge in [0.05, 0.1) is 30.1 Å². The molecule has 1 aliphatic rings. The minimum absolute atomic E-state index is 0.0374. The topological polar surface area (TPSA) is 84.8 Å². The van der Waals surface area contributed by atoms with E-state index in [1.54, 1.807) is 4.90 Å². The highest BCUT2D eigenvalue weighted by Gasteiger charge is 2.29. The van der Waals surface area contributed by atoms with E-state index >= 15 is 4.39 Å². The van der Waals surface area contributed by atoms with Crippen molar-refractivity contribution in [2.75, 3.05) is 18.0 Å². The van der Waals surface area contributed by atoms with Crippen molar-refractivity contribution < 1.29 is 28.2 Å². The van der Waals surface area contributed by atoms with Gasteiger partial charge < -0.3 is 19.5 Å². The third-order valence-corrected chi connectivity index (χ3v) is 5.19. The lowest BCUT2D eigenvalue weighted by Crippen LogP contribution is -2.46. The van der Waals surface area contributed by atoms with Crippen LogP contribution in [0.2, 0.25) is 0 Å². The van der Waals surface area contributed by atoms with E-state index in [-0.39, 0.29) is 40.6 Å². The lowest BCUT2D eigenvalue weighted by Gasteiger charge is -2.38.